The maximum Gasteiger partial charge on any atom is 0.224 e. The lowest BCUT2D eigenvalue weighted by molar-refractivity contribution is -0.116. The molecule has 0 aliphatic rings. The molecule has 1 aromatic carbocycles. The standard InChI is InChI=1S/C13H19N3O2/c1-2-3-4-8-12(17)15-11-7-5-6-10(9-11)13(14)16-18/h5-7,9,18H,2-4,8H2,1H3,(H2,14,16)(H,15,17). The highest BCUT2D eigenvalue weighted by Gasteiger charge is 2.04. The van der Waals surface area contributed by atoms with E-state index in [1.807, 2.05) is 0 Å². The Labute approximate surface area is 107 Å². The van der Waals surface area contributed by atoms with E-state index in [0.29, 0.717) is 17.7 Å². The van der Waals surface area contributed by atoms with Crippen molar-refractivity contribution >= 4 is 17.4 Å². The van der Waals surface area contributed by atoms with Crippen LogP contribution in [0.4, 0.5) is 5.69 Å². The summed E-state index contributed by atoms with van der Waals surface area (Å²) in [5.74, 6) is 0.0113. The Morgan fingerprint density at radius 2 is 2.22 bits per heavy atom. The molecule has 0 spiro atoms. The van der Waals surface area contributed by atoms with Gasteiger partial charge in [0.05, 0.1) is 0 Å². The van der Waals surface area contributed by atoms with Gasteiger partial charge in [0.1, 0.15) is 0 Å². The predicted molar refractivity (Wildman–Crippen MR) is 71.7 cm³/mol. The van der Waals surface area contributed by atoms with Crippen LogP contribution in [0.3, 0.4) is 0 Å². The van der Waals surface area contributed by atoms with Crippen LogP contribution in [0.1, 0.15) is 38.2 Å². The minimum atomic E-state index is -0.0138. The average Bonchev–Trinajstić information content (AvgIpc) is 2.38. The molecular weight excluding hydrogens is 230 g/mol. The summed E-state index contributed by atoms with van der Waals surface area (Å²) < 4.78 is 0. The number of hydrogen-bond acceptors (Lipinski definition) is 3. The molecule has 0 unspecified atom stereocenters. The zero-order valence-corrected chi connectivity index (χ0v) is 10.5. The Bertz CT molecular complexity index is 430. The third-order valence-corrected chi connectivity index (χ3v) is 2.56. The average molecular weight is 249 g/mol. The lowest BCUT2D eigenvalue weighted by atomic mass is 10.1. The van der Waals surface area contributed by atoms with E-state index in [0.717, 1.165) is 19.3 Å². The van der Waals surface area contributed by atoms with Crippen molar-refractivity contribution in [2.75, 3.05) is 5.32 Å². The first-order chi connectivity index (χ1) is 8.67. The van der Waals surface area contributed by atoms with Gasteiger partial charge >= 0.3 is 0 Å². The molecule has 1 aromatic rings. The molecule has 1 amide bonds. The third-order valence-electron chi connectivity index (χ3n) is 2.56. The normalized spacial score (nSPS) is 11.3. The van der Waals surface area contributed by atoms with Gasteiger partial charge in [0.2, 0.25) is 5.91 Å². The van der Waals surface area contributed by atoms with Crippen molar-refractivity contribution in [3.05, 3.63) is 29.8 Å². The quantitative estimate of drug-likeness (QED) is 0.238. The van der Waals surface area contributed by atoms with Crippen LogP contribution >= 0.6 is 0 Å². The van der Waals surface area contributed by atoms with Gasteiger partial charge in [-0.25, -0.2) is 0 Å². The highest BCUT2D eigenvalue weighted by molar-refractivity contribution is 5.99. The summed E-state index contributed by atoms with van der Waals surface area (Å²) in [5.41, 5.74) is 6.71. The van der Waals surface area contributed by atoms with E-state index in [9.17, 15) is 4.79 Å². The van der Waals surface area contributed by atoms with E-state index in [4.69, 9.17) is 10.9 Å². The molecule has 0 saturated carbocycles. The van der Waals surface area contributed by atoms with E-state index in [1.54, 1.807) is 24.3 Å². The first kappa shape index (κ1) is 14.0. The zero-order chi connectivity index (χ0) is 13.4. The van der Waals surface area contributed by atoms with Crippen molar-refractivity contribution in [1.29, 1.82) is 0 Å². The number of amides is 1. The van der Waals surface area contributed by atoms with Crippen LogP contribution in [0.15, 0.2) is 29.4 Å². The van der Waals surface area contributed by atoms with E-state index < -0.39 is 0 Å². The van der Waals surface area contributed by atoms with E-state index in [1.165, 1.54) is 0 Å². The Kier molecular flexibility index (Phi) is 5.70. The molecule has 4 N–H and O–H groups in total. The van der Waals surface area contributed by atoms with Crippen molar-refractivity contribution in [3.8, 4) is 0 Å². The molecule has 0 saturated heterocycles. The zero-order valence-electron chi connectivity index (χ0n) is 10.5. The van der Waals surface area contributed by atoms with Crippen LogP contribution < -0.4 is 11.1 Å². The van der Waals surface area contributed by atoms with Crippen molar-refractivity contribution in [2.24, 2.45) is 10.9 Å². The molecule has 0 aromatic heterocycles. The second-order valence-corrected chi connectivity index (χ2v) is 4.07. The Morgan fingerprint density at radius 3 is 2.89 bits per heavy atom. The van der Waals surface area contributed by atoms with Crippen LogP contribution in [0, 0.1) is 0 Å². The van der Waals surface area contributed by atoms with Gasteiger partial charge in [-0.2, -0.15) is 0 Å². The Hall–Kier alpha value is -2.04. The van der Waals surface area contributed by atoms with Crippen LogP contribution in [0.25, 0.3) is 0 Å². The fourth-order valence-electron chi connectivity index (χ4n) is 1.57. The number of anilines is 1. The molecule has 1 rings (SSSR count). The maximum atomic E-state index is 11.6. The number of nitrogens with two attached hydrogens (primary N) is 1. The minimum Gasteiger partial charge on any atom is -0.409 e. The van der Waals surface area contributed by atoms with Crippen LogP contribution in [-0.4, -0.2) is 17.0 Å². The summed E-state index contributed by atoms with van der Waals surface area (Å²) in [6.07, 6.45) is 3.55. The molecule has 18 heavy (non-hydrogen) atoms. The van der Waals surface area contributed by atoms with E-state index in [-0.39, 0.29) is 11.7 Å². The summed E-state index contributed by atoms with van der Waals surface area (Å²) in [6, 6.07) is 6.90. The number of oxime groups is 1. The number of amidine groups is 1. The fraction of sp³-hybridized carbons (Fsp3) is 0.385. The maximum absolute atomic E-state index is 11.6. The van der Waals surface area contributed by atoms with Gasteiger partial charge in [-0.15, -0.1) is 0 Å². The number of carbonyl (C=O) groups excluding carboxylic acids is 1. The highest BCUT2D eigenvalue weighted by Crippen LogP contribution is 2.11. The molecule has 0 bridgehead atoms. The summed E-state index contributed by atoms with van der Waals surface area (Å²) in [5, 5.41) is 14.3. The van der Waals surface area contributed by atoms with Crippen molar-refractivity contribution < 1.29 is 10.0 Å². The lowest BCUT2D eigenvalue weighted by Crippen LogP contribution is -2.15. The summed E-state index contributed by atoms with van der Waals surface area (Å²) in [6.45, 7) is 2.10. The number of carbonyl (C=O) groups is 1. The summed E-state index contributed by atoms with van der Waals surface area (Å²) in [7, 11) is 0. The highest BCUT2D eigenvalue weighted by atomic mass is 16.4. The minimum absolute atomic E-state index is 0.0138. The molecule has 0 atom stereocenters. The summed E-state index contributed by atoms with van der Waals surface area (Å²) >= 11 is 0. The van der Waals surface area contributed by atoms with Crippen molar-refractivity contribution in [2.45, 2.75) is 32.6 Å². The summed E-state index contributed by atoms with van der Waals surface area (Å²) in [4.78, 5) is 11.6. The van der Waals surface area contributed by atoms with E-state index >= 15 is 0 Å². The van der Waals surface area contributed by atoms with Gasteiger partial charge in [0.25, 0.3) is 0 Å². The van der Waals surface area contributed by atoms with Crippen LogP contribution in [0.5, 0.6) is 0 Å². The molecule has 0 radical (unpaired) electrons. The van der Waals surface area contributed by atoms with Gasteiger partial charge in [-0.3, -0.25) is 4.79 Å². The monoisotopic (exact) mass is 249 g/mol. The number of nitrogens with one attached hydrogen (secondary N) is 1. The SMILES string of the molecule is CCCCCC(=O)Nc1cccc(/C(N)=N/O)c1. The lowest BCUT2D eigenvalue weighted by Gasteiger charge is -2.06. The van der Waals surface area contributed by atoms with Gasteiger partial charge in [0, 0.05) is 17.7 Å². The first-order valence-corrected chi connectivity index (χ1v) is 6.05. The van der Waals surface area contributed by atoms with Gasteiger partial charge in [0.15, 0.2) is 5.84 Å². The second kappa shape index (κ2) is 7.32. The number of hydrogen-bond donors (Lipinski definition) is 3. The van der Waals surface area contributed by atoms with Crippen LogP contribution in [-0.2, 0) is 4.79 Å². The molecule has 5 heteroatoms. The van der Waals surface area contributed by atoms with Gasteiger partial charge < -0.3 is 16.3 Å². The number of rotatable bonds is 6. The number of unbranched alkanes of at least 4 members (excludes halogenated alkanes) is 2. The number of benzene rings is 1. The van der Waals surface area contributed by atoms with Crippen LogP contribution in [0.2, 0.25) is 0 Å². The number of nitrogens with zero attached hydrogens (tertiary/aromatic N) is 1. The van der Waals surface area contributed by atoms with Crippen molar-refractivity contribution in [1.82, 2.24) is 0 Å². The largest absolute Gasteiger partial charge is 0.409 e. The topological polar surface area (TPSA) is 87.7 Å². The van der Waals surface area contributed by atoms with Gasteiger partial charge in [-0.05, 0) is 18.6 Å². The van der Waals surface area contributed by atoms with E-state index in [2.05, 4.69) is 17.4 Å². The predicted octanol–water partition coefficient (Wildman–Crippen LogP) is 2.30. The second-order valence-electron chi connectivity index (χ2n) is 4.07. The molecule has 98 valence electrons. The molecule has 0 aliphatic heterocycles. The van der Waals surface area contributed by atoms with Gasteiger partial charge in [-0.1, -0.05) is 37.1 Å². The smallest absolute Gasteiger partial charge is 0.224 e. The molecule has 0 fully saturated rings. The first-order valence-electron chi connectivity index (χ1n) is 6.05. The third kappa shape index (κ3) is 4.45. The van der Waals surface area contributed by atoms with Crippen molar-refractivity contribution in [3.63, 3.8) is 0 Å². The fourth-order valence-corrected chi connectivity index (χ4v) is 1.57. The molecule has 0 aliphatic carbocycles. The molecule has 5 nitrogen and oxygen atoms in total. The Balaban J connectivity index is 2.59. The Morgan fingerprint density at radius 1 is 1.44 bits per heavy atom. The molecule has 0 heterocycles. The molecular formula is C13H19N3O2.